The fourth-order valence-corrected chi connectivity index (χ4v) is 6.00. The molecule has 0 aliphatic carbocycles. The monoisotopic (exact) mass is 565 g/mol. The number of hydrogen-bond donors (Lipinski definition) is 2. The number of aryl methyl sites for hydroxylation is 1. The summed E-state index contributed by atoms with van der Waals surface area (Å²) in [5.74, 6) is 0.0399. The summed E-state index contributed by atoms with van der Waals surface area (Å²) in [4.78, 5) is 18.8. The molecule has 1 saturated heterocycles. The van der Waals surface area contributed by atoms with Crippen molar-refractivity contribution < 1.29 is 24.5 Å². The number of fused-ring (bicyclic) bond motifs is 2. The van der Waals surface area contributed by atoms with Crippen molar-refractivity contribution in [2.75, 3.05) is 32.8 Å². The molecule has 0 radical (unpaired) electrons. The van der Waals surface area contributed by atoms with Crippen molar-refractivity contribution >= 4 is 39.2 Å². The molecule has 3 heterocycles. The molecule has 0 bridgehead atoms. The third kappa shape index (κ3) is 5.54. The molecule has 0 amide bonds. The average molecular weight is 566 g/mol. The first-order chi connectivity index (χ1) is 19.2. The summed E-state index contributed by atoms with van der Waals surface area (Å²) in [6, 6.07) is 12.1. The molecule has 4 aromatic rings. The van der Waals surface area contributed by atoms with Gasteiger partial charge < -0.3 is 29.2 Å². The molecule has 8 nitrogen and oxygen atoms in total. The van der Waals surface area contributed by atoms with E-state index in [4.69, 9.17) is 21.1 Å². The Morgan fingerprint density at radius 3 is 2.62 bits per heavy atom. The smallest absolute Gasteiger partial charge is 0.332 e. The number of benzene rings is 2. The summed E-state index contributed by atoms with van der Waals surface area (Å²) < 4.78 is 14.2. The number of carbonyl (C=O) groups is 1. The largest absolute Gasteiger partial charge is 0.490 e. The van der Waals surface area contributed by atoms with E-state index in [1.54, 1.807) is 12.4 Å². The van der Waals surface area contributed by atoms with Crippen LogP contribution in [-0.2, 0) is 15.1 Å². The Hall–Kier alpha value is -3.17. The number of hydrogen-bond acceptors (Lipinski definition) is 7. The number of aromatic nitrogens is 2. The van der Waals surface area contributed by atoms with Crippen LogP contribution in [0.5, 0.6) is 5.75 Å². The van der Waals surface area contributed by atoms with Gasteiger partial charge in [-0.15, -0.1) is 0 Å². The molecule has 2 N–H and O–H groups in total. The number of piperidine rings is 1. The van der Waals surface area contributed by atoms with Gasteiger partial charge in [-0.05, 0) is 43.9 Å². The zero-order chi connectivity index (χ0) is 28.4. The summed E-state index contributed by atoms with van der Waals surface area (Å²) in [6.45, 7) is 7.24. The highest BCUT2D eigenvalue weighted by atomic mass is 35.5. The van der Waals surface area contributed by atoms with E-state index in [1.165, 1.54) is 0 Å². The summed E-state index contributed by atoms with van der Waals surface area (Å²) in [6.07, 6.45) is 5.87. The van der Waals surface area contributed by atoms with Crippen molar-refractivity contribution in [3.05, 3.63) is 71.1 Å². The molecule has 1 unspecified atom stereocenters. The predicted molar refractivity (Wildman–Crippen MR) is 156 cm³/mol. The fourth-order valence-electron chi connectivity index (χ4n) is 5.74. The first-order valence-electron chi connectivity index (χ1n) is 13.7. The number of esters is 1. The van der Waals surface area contributed by atoms with E-state index < -0.39 is 24.3 Å². The van der Waals surface area contributed by atoms with Gasteiger partial charge in [0.05, 0.1) is 10.5 Å². The van der Waals surface area contributed by atoms with Gasteiger partial charge >= 0.3 is 5.97 Å². The third-order valence-electron chi connectivity index (χ3n) is 7.80. The average Bonchev–Trinajstić information content (AvgIpc) is 3.41. The van der Waals surface area contributed by atoms with Crippen LogP contribution < -0.4 is 4.74 Å². The Morgan fingerprint density at radius 2 is 1.90 bits per heavy atom. The Kier molecular flexibility index (Phi) is 8.33. The standard InChI is InChI=1S/C31H36ClN3O5/c1-20(2)35-11-8-25-27(14-21(3)29(32)30(25)35)39-19-23(37)17-34-12-9-31(10-13-34,40-28(38)18-36)26-16-33-15-22-6-4-5-7-24(22)26/h4-8,11,14-16,20,23,36-37H,9-10,12-13,17-19H2,1-3H3. The molecular weight excluding hydrogens is 530 g/mol. The van der Waals surface area contributed by atoms with Gasteiger partial charge in [0.2, 0.25) is 0 Å². The minimum Gasteiger partial charge on any atom is -0.490 e. The van der Waals surface area contributed by atoms with Crippen LogP contribution in [0, 0.1) is 6.92 Å². The van der Waals surface area contributed by atoms with Gasteiger partial charge in [0, 0.05) is 73.4 Å². The van der Waals surface area contributed by atoms with Crippen LogP contribution in [0.2, 0.25) is 5.02 Å². The van der Waals surface area contributed by atoms with E-state index in [-0.39, 0.29) is 12.6 Å². The second-order valence-electron chi connectivity index (χ2n) is 10.9. The number of nitrogens with zero attached hydrogens (tertiary/aromatic N) is 3. The van der Waals surface area contributed by atoms with Crippen molar-refractivity contribution in [2.45, 2.75) is 51.4 Å². The summed E-state index contributed by atoms with van der Waals surface area (Å²) in [7, 11) is 0. The van der Waals surface area contributed by atoms with Crippen LogP contribution in [-0.4, -0.2) is 69.6 Å². The Morgan fingerprint density at radius 1 is 1.15 bits per heavy atom. The Labute approximate surface area is 239 Å². The molecule has 2 aromatic heterocycles. The van der Waals surface area contributed by atoms with Crippen molar-refractivity contribution in [3.63, 3.8) is 0 Å². The third-order valence-corrected chi connectivity index (χ3v) is 8.28. The van der Waals surface area contributed by atoms with Crippen molar-refractivity contribution in [1.29, 1.82) is 0 Å². The molecule has 9 heteroatoms. The van der Waals surface area contributed by atoms with E-state index in [0.29, 0.717) is 43.2 Å². The molecule has 40 heavy (non-hydrogen) atoms. The van der Waals surface area contributed by atoms with Crippen LogP contribution in [0.25, 0.3) is 21.7 Å². The quantitative estimate of drug-likeness (QED) is 0.276. The molecule has 1 atom stereocenters. The topological polar surface area (TPSA) is 97.1 Å². The maximum Gasteiger partial charge on any atom is 0.332 e. The van der Waals surface area contributed by atoms with Gasteiger partial charge in [0.15, 0.2) is 0 Å². The fraction of sp³-hybridized carbons (Fsp3) is 0.419. The van der Waals surface area contributed by atoms with Gasteiger partial charge in [0.1, 0.15) is 30.7 Å². The molecular formula is C31H36ClN3O5. The van der Waals surface area contributed by atoms with Crippen LogP contribution in [0.3, 0.4) is 0 Å². The Balaban J connectivity index is 1.27. The van der Waals surface area contributed by atoms with Gasteiger partial charge in [0.25, 0.3) is 0 Å². The lowest BCUT2D eigenvalue weighted by molar-refractivity contribution is -0.170. The first-order valence-corrected chi connectivity index (χ1v) is 14.1. The minimum absolute atomic E-state index is 0.136. The summed E-state index contributed by atoms with van der Waals surface area (Å²) in [5, 5.41) is 23.9. The van der Waals surface area contributed by atoms with Crippen molar-refractivity contribution in [1.82, 2.24) is 14.5 Å². The van der Waals surface area contributed by atoms with Gasteiger partial charge in [-0.1, -0.05) is 35.9 Å². The number of aliphatic hydroxyl groups excluding tert-OH is 2. The van der Waals surface area contributed by atoms with Crippen molar-refractivity contribution in [3.8, 4) is 5.75 Å². The molecule has 5 rings (SSSR count). The van der Waals surface area contributed by atoms with E-state index in [9.17, 15) is 15.0 Å². The van der Waals surface area contributed by atoms with Crippen molar-refractivity contribution in [2.24, 2.45) is 0 Å². The molecule has 0 spiro atoms. The van der Waals surface area contributed by atoms with E-state index >= 15 is 0 Å². The molecule has 2 aromatic carbocycles. The number of pyridine rings is 1. The second-order valence-corrected chi connectivity index (χ2v) is 11.3. The highest BCUT2D eigenvalue weighted by molar-refractivity contribution is 6.36. The summed E-state index contributed by atoms with van der Waals surface area (Å²) >= 11 is 6.64. The van der Waals surface area contributed by atoms with E-state index in [2.05, 4.69) is 28.3 Å². The van der Waals surface area contributed by atoms with Crippen LogP contribution in [0.15, 0.2) is 55.0 Å². The number of likely N-dealkylation sites (tertiary alicyclic amines) is 1. The highest BCUT2D eigenvalue weighted by Crippen LogP contribution is 2.40. The Bertz CT molecular complexity index is 1500. The summed E-state index contributed by atoms with van der Waals surface area (Å²) in [5.41, 5.74) is 1.80. The van der Waals surface area contributed by atoms with Crippen LogP contribution in [0.4, 0.5) is 0 Å². The zero-order valence-corrected chi connectivity index (χ0v) is 23.9. The molecule has 212 valence electrons. The lowest BCUT2D eigenvalue weighted by atomic mass is 9.82. The maximum absolute atomic E-state index is 12.3. The molecule has 1 aliphatic rings. The molecule has 1 fully saturated rings. The van der Waals surface area contributed by atoms with Crippen LogP contribution >= 0.6 is 11.6 Å². The van der Waals surface area contributed by atoms with Crippen LogP contribution in [0.1, 0.15) is 43.9 Å². The number of ether oxygens (including phenoxy) is 2. The van der Waals surface area contributed by atoms with Gasteiger partial charge in [-0.2, -0.15) is 0 Å². The molecule has 1 aliphatic heterocycles. The number of β-amino-alcohol motifs (C(OH)–C–C–N with tert-alkyl or cyclic N) is 1. The molecule has 0 saturated carbocycles. The predicted octanol–water partition coefficient (Wildman–Crippen LogP) is 5.00. The second kappa shape index (κ2) is 11.7. The maximum atomic E-state index is 12.3. The number of carbonyl (C=O) groups excluding carboxylic acids is 1. The van der Waals surface area contributed by atoms with E-state index in [0.717, 1.165) is 32.8 Å². The van der Waals surface area contributed by atoms with Gasteiger partial charge in [-0.25, -0.2) is 4.79 Å². The highest BCUT2D eigenvalue weighted by Gasteiger charge is 2.41. The minimum atomic E-state index is -0.901. The number of rotatable bonds is 9. The van der Waals surface area contributed by atoms with Gasteiger partial charge in [-0.3, -0.25) is 4.98 Å². The lowest BCUT2D eigenvalue weighted by Gasteiger charge is -2.42. The number of aliphatic hydroxyl groups is 2. The lowest BCUT2D eigenvalue weighted by Crippen LogP contribution is -2.48. The van der Waals surface area contributed by atoms with E-state index in [1.807, 2.05) is 49.5 Å². The zero-order valence-electron chi connectivity index (χ0n) is 23.1. The number of halogens is 1. The first kappa shape index (κ1) is 28.4. The SMILES string of the molecule is Cc1cc(OCC(O)CN2CCC(OC(=O)CO)(c3cncc4ccccc34)CC2)c2ccn(C(C)C)c2c1Cl. The normalized spacial score (nSPS) is 16.5.